The summed E-state index contributed by atoms with van der Waals surface area (Å²) in [5, 5.41) is 15.8. The van der Waals surface area contributed by atoms with E-state index in [4.69, 9.17) is 4.74 Å². The van der Waals surface area contributed by atoms with E-state index in [1.165, 1.54) is 6.92 Å². The lowest BCUT2D eigenvalue weighted by Gasteiger charge is -2.31. The smallest absolute Gasteiger partial charge is 0.227 e. The van der Waals surface area contributed by atoms with Gasteiger partial charge in [-0.05, 0) is 18.6 Å². The van der Waals surface area contributed by atoms with Gasteiger partial charge in [0.15, 0.2) is 0 Å². The first-order chi connectivity index (χ1) is 10.0. The van der Waals surface area contributed by atoms with Crippen LogP contribution in [-0.4, -0.2) is 30.1 Å². The van der Waals surface area contributed by atoms with E-state index in [2.05, 4.69) is 10.6 Å². The Morgan fingerprint density at radius 1 is 1.48 bits per heavy atom. The highest BCUT2D eigenvalue weighted by molar-refractivity contribution is 5.95. The van der Waals surface area contributed by atoms with E-state index in [1.54, 1.807) is 6.07 Å². The van der Waals surface area contributed by atoms with Gasteiger partial charge in [0.2, 0.25) is 11.8 Å². The Morgan fingerprint density at radius 2 is 2.29 bits per heavy atom. The molecule has 2 aliphatic heterocycles. The Hall–Kier alpha value is -2.08. The molecule has 0 saturated heterocycles. The van der Waals surface area contributed by atoms with Crippen LogP contribution < -0.4 is 15.4 Å². The lowest BCUT2D eigenvalue weighted by Crippen LogP contribution is -2.34. The number of hydrogen-bond donors (Lipinski definition) is 3. The fourth-order valence-electron chi connectivity index (χ4n) is 2.93. The van der Waals surface area contributed by atoms with Crippen molar-refractivity contribution in [1.29, 1.82) is 0 Å². The van der Waals surface area contributed by atoms with Crippen LogP contribution in [0.15, 0.2) is 12.1 Å². The second kappa shape index (κ2) is 5.37. The highest BCUT2D eigenvalue weighted by atomic mass is 16.5. The van der Waals surface area contributed by atoms with E-state index in [0.717, 1.165) is 16.9 Å². The van der Waals surface area contributed by atoms with Crippen molar-refractivity contribution >= 4 is 17.5 Å². The van der Waals surface area contributed by atoms with Gasteiger partial charge < -0.3 is 20.5 Å². The van der Waals surface area contributed by atoms with E-state index in [0.29, 0.717) is 25.3 Å². The van der Waals surface area contributed by atoms with Crippen molar-refractivity contribution in [3.05, 3.63) is 23.3 Å². The maximum Gasteiger partial charge on any atom is 0.227 e. The van der Waals surface area contributed by atoms with Crippen LogP contribution in [0.1, 0.15) is 30.6 Å². The summed E-state index contributed by atoms with van der Waals surface area (Å²) in [4.78, 5) is 22.5. The number of amides is 2. The van der Waals surface area contributed by atoms with Gasteiger partial charge in [0.1, 0.15) is 5.75 Å². The highest BCUT2D eigenvalue weighted by Gasteiger charge is 2.31. The van der Waals surface area contributed by atoms with Crippen LogP contribution in [0, 0.1) is 5.92 Å². The molecular weight excluding hydrogens is 272 g/mol. The van der Waals surface area contributed by atoms with Gasteiger partial charge in [-0.25, -0.2) is 0 Å². The number of ether oxygens (including phenoxy) is 1. The summed E-state index contributed by atoms with van der Waals surface area (Å²) in [7, 11) is 0. The Morgan fingerprint density at radius 3 is 3.05 bits per heavy atom. The van der Waals surface area contributed by atoms with Gasteiger partial charge in [-0.3, -0.25) is 9.59 Å². The summed E-state index contributed by atoms with van der Waals surface area (Å²) in [5.41, 5.74) is 2.34. The topological polar surface area (TPSA) is 87.7 Å². The van der Waals surface area contributed by atoms with E-state index in [1.807, 2.05) is 6.07 Å². The number of fused-ring (bicyclic) bond motifs is 3. The minimum absolute atomic E-state index is 0.0665. The minimum atomic E-state index is -0.799. The number of nitrogens with one attached hydrogen (secondary N) is 2. The van der Waals surface area contributed by atoms with E-state index in [9.17, 15) is 14.7 Å². The molecule has 1 aromatic carbocycles. The number of aliphatic hydroxyl groups excluding tert-OH is 1. The Kier molecular flexibility index (Phi) is 3.55. The number of carbonyl (C=O) groups excluding carboxylic acids is 2. The average molecular weight is 290 g/mol. The van der Waals surface area contributed by atoms with Crippen molar-refractivity contribution in [3.8, 4) is 5.75 Å². The standard InChI is InChI=1S/C15H18N2O4/c1-8(18)16-6-9-4-10-13(21-7-9)3-2-11-15(10)12(19)5-14(20)17-11/h2-3,9,12,19H,4-7H2,1H3,(H,16,18)(H,17,20). The first kappa shape index (κ1) is 13.9. The molecule has 21 heavy (non-hydrogen) atoms. The number of benzene rings is 1. The van der Waals surface area contributed by atoms with Crippen LogP contribution in [0.2, 0.25) is 0 Å². The Bertz CT molecular complexity index is 600. The number of carbonyl (C=O) groups is 2. The Labute approximate surface area is 122 Å². The van der Waals surface area contributed by atoms with Crippen LogP contribution in [0.25, 0.3) is 0 Å². The molecule has 3 N–H and O–H groups in total. The van der Waals surface area contributed by atoms with Gasteiger partial charge in [-0.2, -0.15) is 0 Å². The third-order valence-corrected chi connectivity index (χ3v) is 3.91. The maximum atomic E-state index is 11.5. The molecule has 0 aliphatic carbocycles. The summed E-state index contributed by atoms with van der Waals surface area (Å²) in [5.74, 6) is 0.672. The van der Waals surface area contributed by atoms with Crippen LogP contribution in [-0.2, 0) is 16.0 Å². The molecule has 0 bridgehead atoms. The summed E-state index contributed by atoms with van der Waals surface area (Å²) >= 11 is 0. The maximum absolute atomic E-state index is 11.5. The molecule has 3 rings (SSSR count). The summed E-state index contributed by atoms with van der Waals surface area (Å²) in [6.07, 6.45) is -0.0160. The fourth-order valence-corrected chi connectivity index (χ4v) is 2.93. The quantitative estimate of drug-likeness (QED) is 0.750. The van der Waals surface area contributed by atoms with Crippen LogP contribution in [0.5, 0.6) is 5.75 Å². The number of rotatable bonds is 2. The molecular formula is C15H18N2O4. The first-order valence-electron chi connectivity index (χ1n) is 7.05. The van der Waals surface area contributed by atoms with Crippen molar-refractivity contribution < 1.29 is 19.4 Å². The number of hydrogen-bond acceptors (Lipinski definition) is 4. The number of aliphatic hydroxyl groups is 1. The zero-order chi connectivity index (χ0) is 15.0. The summed E-state index contributed by atoms with van der Waals surface area (Å²) < 4.78 is 5.73. The van der Waals surface area contributed by atoms with E-state index >= 15 is 0 Å². The van der Waals surface area contributed by atoms with Crippen molar-refractivity contribution in [1.82, 2.24) is 5.32 Å². The molecule has 0 fully saturated rings. The molecule has 1 aromatic rings. The van der Waals surface area contributed by atoms with E-state index in [-0.39, 0.29) is 24.2 Å². The third-order valence-electron chi connectivity index (χ3n) is 3.91. The molecule has 112 valence electrons. The molecule has 0 saturated carbocycles. The summed E-state index contributed by atoms with van der Waals surface area (Å²) in [6, 6.07) is 3.59. The third kappa shape index (κ3) is 2.71. The van der Waals surface area contributed by atoms with Gasteiger partial charge in [0.25, 0.3) is 0 Å². The molecule has 2 atom stereocenters. The number of anilines is 1. The molecule has 0 aromatic heterocycles. The Balaban J connectivity index is 1.88. The predicted molar refractivity (Wildman–Crippen MR) is 76.0 cm³/mol. The van der Waals surface area contributed by atoms with Gasteiger partial charge in [0, 0.05) is 36.2 Å². The van der Waals surface area contributed by atoms with Crippen molar-refractivity contribution in [2.45, 2.75) is 25.9 Å². The second-order valence-corrected chi connectivity index (χ2v) is 5.59. The van der Waals surface area contributed by atoms with Gasteiger partial charge in [0.05, 0.1) is 19.1 Å². The van der Waals surface area contributed by atoms with Gasteiger partial charge in [-0.15, -0.1) is 0 Å². The minimum Gasteiger partial charge on any atom is -0.493 e. The predicted octanol–water partition coefficient (Wildman–Crippen LogP) is 0.749. The SMILES string of the molecule is CC(=O)NCC1COc2ccc3c(c2C1)C(O)CC(=O)N3. The molecule has 0 spiro atoms. The first-order valence-corrected chi connectivity index (χ1v) is 7.05. The second-order valence-electron chi connectivity index (χ2n) is 5.59. The monoisotopic (exact) mass is 290 g/mol. The molecule has 2 heterocycles. The molecule has 2 unspecified atom stereocenters. The van der Waals surface area contributed by atoms with Crippen molar-refractivity contribution in [2.75, 3.05) is 18.5 Å². The molecule has 2 amide bonds. The summed E-state index contributed by atoms with van der Waals surface area (Å²) in [6.45, 7) is 2.56. The van der Waals surface area contributed by atoms with Crippen molar-refractivity contribution in [3.63, 3.8) is 0 Å². The lowest BCUT2D eigenvalue weighted by molar-refractivity contribution is -0.119. The van der Waals surface area contributed by atoms with Gasteiger partial charge in [-0.1, -0.05) is 0 Å². The largest absolute Gasteiger partial charge is 0.493 e. The molecule has 6 nitrogen and oxygen atoms in total. The van der Waals surface area contributed by atoms with Crippen LogP contribution in [0.4, 0.5) is 5.69 Å². The highest BCUT2D eigenvalue weighted by Crippen LogP contribution is 2.40. The van der Waals surface area contributed by atoms with Gasteiger partial charge >= 0.3 is 0 Å². The fraction of sp³-hybridized carbons (Fsp3) is 0.467. The lowest BCUT2D eigenvalue weighted by atomic mass is 9.87. The van der Waals surface area contributed by atoms with Crippen LogP contribution in [0.3, 0.4) is 0 Å². The average Bonchev–Trinajstić information content (AvgIpc) is 2.43. The van der Waals surface area contributed by atoms with Crippen molar-refractivity contribution in [2.24, 2.45) is 5.92 Å². The molecule has 0 radical (unpaired) electrons. The molecule has 2 aliphatic rings. The normalized spacial score (nSPS) is 23.4. The van der Waals surface area contributed by atoms with Crippen LogP contribution >= 0.6 is 0 Å². The molecule has 6 heteroatoms. The zero-order valence-electron chi connectivity index (χ0n) is 11.8. The van der Waals surface area contributed by atoms with E-state index < -0.39 is 6.10 Å². The zero-order valence-corrected chi connectivity index (χ0v) is 11.8.